The van der Waals surface area contributed by atoms with E-state index in [1.807, 2.05) is 23.1 Å². The van der Waals surface area contributed by atoms with Crippen molar-refractivity contribution >= 4 is 17.0 Å². The zero-order valence-electron chi connectivity index (χ0n) is 12.4. The Labute approximate surface area is 123 Å². The predicted octanol–water partition coefficient (Wildman–Crippen LogP) is 2.41. The van der Waals surface area contributed by atoms with Gasteiger partial charge in [0.05, 0.1) is 5.52 Å². The SMILES string of the molecule is CC1CCN(C(=O)[C@@H](C)n2c(=O)oc3ccccc32)CC1. The van der Waals surface area contributed by atoms with Crippen LogP contribution in [0.15, 0.2) is 33.5 Å². The highest BCUT2D eigenvalue weighted by Gasteiger charge is 2.27. The summed E-state index contributed by atoms with van der Waals surface area (Å²) in [5.41, 5.74) is 1.20. The summed E-state index contributed by atoms with van der Waals surface area (Å²) in [6.45, 7) is 5.52. The van der Waals surface area contributed by atoms with Crippen molar-refractivity contribution in [3.05, 3.63) is 34.8 Å². The molecular weight excluding hydrogens is 268 g/mol. The number of fused-ring (bicyclic) bond motifs is 1. The van der Waals surface area contributed by atoms with Gasteiger partial charge in [-0.2, -0.15) is 0 Å². The van der Waals surface area contributed by atoms with Gasteiger partial charge >= 0.3 is 5.76 Å². The molecule has 0 aliphatic carbocycles. The molecule has 21 heavy (non-hydrogen) atoms. The molecule has 3 rings (SSSR count). The van der Waals surface area contributed by atoms with Gasteiger partial charge < -0.3 is 9.32 Å². The second-order valence-electron chi connectivity index (χ2n) is 5.89. The Balaban J connectivity index is 1.90. The predicted molar refractivity (Wildman–Crippen MR) is 80.2 cm³/mol. The summed E-state index contributed by atoms with van der Waals surface area (Å²) in [6.07, 6.45) is 2.05. The number of rotatable bonds is 2. The smallest absolute Gasteiger partial charge is 0.408 e. The summed E-state index contributed by atoms with van der Waals surface area (Å²) < 4.78 is 6.67. The average Bonchev–Trinajstić information content (AvgIpc) is 2.82. The van der Waals surface area contributed by atoms with Crippen LogP contribution < -0.4 is 5.76 Å². The van der Waals surface area contributed by atoms with Crippen molar-refractivity contribution < 1.29 is 9.21 Å². The lowest BCUT2D eigenvalue weighted by molar-refractivity contribution is -0.135. The molecule has 0 unspecified atom stereocenters. The first kappa shape index (κ1) is 13.9. The van der Waals surface area contributed by atoms with Gasteiger partial charge in [-0.15, -0.1) is 0 Å². The number of piperidine rings is 1. The fourth-order valence-electron chi connectivity index (χ4n) is 2.95. The maximum atomic E-state index is 12.6. The number of aromatic nitrogens is 1. The van der Waals surface area contributed by atoms with Gasteiger partial charge in [0.2, 0.25) is 5.91 Å². The number of likely N-dealkylation sites (tertiary alicyclic amines) is 1. The Kier molecular flexibility index (Phi) is 3.57. The third-order valence-electron chi connectivity index (χ3n) is 4.36. The van der Waals surface area contributed by atoms with Crippen LogP contribution in [-0.4, -0.2) is 28.5 Å². The Hall–Kier alpha value is -2.04. The summed E-state index contributed by atoms with van der Waals surface area (Å²) in [5.74, 6) is 0.194. The van der Waals surface area contributed by atoms with Crippen LogP contribution in [0.25, 0.3) is 11.1 Å². The van der Waals surface area contributed by atoms with Gasteiger partial charge in [-0.25, -0.2) is 4.79 Å². The summed E-state index contributed by atoms with van der Waals surface area (Å²) >= 11 is 0. The minimum absolute atomic E-state index is 0.00412. The summed E-state index contributed by atoms with van der Waals surface area (Å²) in [4.78, 5) is 26.5. The van der Waals surface area contributed by atoms with E-state index in [2.05, 4.69) is 6.92 Å². The molecule has 1 aromatic carbocycles. The summed E-state index contributed by atoms with van der Waals surface area (Å²) in [5, 5.41) is 0. The lowest BCUT2D eigenvalue weighted by Gasteiger charge is -2.32. The van der Waals surface area contributed by atoms with Crippen molar-refractivity contribution in [3.8, 4) is 0 Å². The van der Waals surface area contributed by atoms with Crippen LogP contribution in [0.3, 0.4) is 0 Å². The fraction of sp³-hybridized carbons (Fsp3) is 0.500. The quantitative estimate of drug-likeness (QED) is 0.852. The number of para-hydroxylation sites is 2. The molecule has 1 saturated heterocycles. The standard InChI is InChI=1S/C16H20N2O3/c1-11-7-9-17(10-8-11)15(19)12(2)18-13-5-3-4-6-14(13)21-16(18)20/h3-6,11-12H,7-10H2,1-2H3/t12-/m1/s1. The van der Waals surface area contributed by atoms with E-state index in [9.17, 15) is 9.59 Å². The molecule has 2 aromatic rings. The molecule has 1 atom stereocenters. The van der Waals surface area contributed by atoms with Crippen LogP contribution in [0, 0.1) is 5.92 Å². The average molecular weight is 288 g/mol. The van der Waals surface area contributed by atoms with Crippen LogP contribution in [0.4, 0.5) is 0 Å². The molecule has 2 heterocycles. The number of hydrogen-bond donors (Lipinski definition) is 0. The molecule has 1 aliphatic rings. The zero-order chi connectivity index (χ0) is 15.0. The first-order valence-corrected chi connectivity index (χ1v) is 7.47. The van der Waals surface area contributed by atoms with Gasteiger partial charge in [0.25, 0.3) is 0 Å². The van der Waals surface area contributed by atoms with Gasteiger partial charge in [0.15, 0.2) is 5.58 Å². The van der Waals surface area contributed by atoms with Gasteiger partial charge in [-0.1, -0.05) is 19.1 Å². The number of hydrogen-bond acceptors (Lipinski definition) is 3. The molecule has 0 radical (unpaired) electrons. The van der Waals surface area contributed by atoms with Gasteiger partial charge in [-0.3, -0.25) is 9.36 Å². The summed E-state index contributed by atoms with van der Waals surface area (Å²) in [6, 6.07) is 6.67. The molecule has 5 nitrogen and oxygen atoms in total. The second kappa shape index (κ2) is 5.39. The van der Waals surface area contributed by atoms with Crippen LogP contribution in [-0.2, 0) is 4.79 Å². The minimum atomic E-state index is -0.533. The van der Waals surface area contributed by atoms with E-state index in [1.54, 1.807) is 13.0 Å². The Morgan fingerprint density at radius 2 is 1.95 bits per heavy atom. The normalized spacial score (nSPS) is 18.1. The maximum Gasteiger partial charge on any atom is 0.420 e. The Morgan fingerprint density at radius 1 is 1.29 bits per heavy atom. The molecule has 1 fully saturated rings. The van der Waals surface area contributed by atoms with Crippen molar-refractivity contribution in [3.63, 3.8) is 0 Å². The van der Waals surface area contributed by atoms with Crippen molar-refractivity contribution in [1.29, 1.82) is 0 Å². The van der Waals surface area contributed by atoms with Gasteiger partial charge in [0.1, 0.15) is 6.04 Å². The highest BCUT2D eigenvalue weighted by atomic mass is 16.4. The molecule has 0 bridgehead atoms. The van der Waals surface area contributed by atoms with Crippen LogP contribution in [0.5, 0.6) is 0 Å². The topological polar surface area (TPSA) is 55.5 Å². The largest absolute Gasteiger partial charge is 0.420 e. The summed E-state index contributed by atoms with van der Waals surface area (Å²) in [7, 11) is 0. The highest BCUT2D eigenvalue weighted by molar-refractivity contribution is 5.83. The Bertz CT molecular complexity index is 708. The number of amides is 1. The van der Waals surface area contributed by atoms with Crippen LogP contribution in [0.2, 0.25) is 0 Å². The van der Waals surface area contributed by atoms with E-state index >= 15 is 0 Å². The maximum absolute atomic E-state index is 12.6. The van der Waals surface area contributed by atoms with Gasteiger partial charge in [0, 0.05) is 13.1 Å². The van der Waals surface area contributed by atoms with E-state index in [1.165, 1.54) is 4.57 Å². The highest BCUT2D eigenvalue weighted by Crippen LogP contribution is 2.21. The number of benzene rings is 1. The first-order chi connectivity index (χ1) is 10.1. The minimum Gasteiger partial charge on any atom is -0.408 e. The fourth-order valence-corrected chi connectivity index (χ4v) is 2.95. The van der Waals surface area contributed by atoms with Gasteiger partial charge in [-0.05, 0) is 37.8 Å². The van der Waals surface area contributed by atoms with Crippen molar-refractivity contribution in [2.75, 3.05) is 13.1 Å². The molecule has 5 heteroatoms. The molecule has 112 valence electrons. The van der Waals surface area contributed by atoms with Crippen LogP contribution in [0.1, 0.15) is 32.7 Å². The number of nitrogens with zero attached hydrogens (tertiary/aromatic N) is 2. The van der Waals surface area contributed by atoms with E-state index in [0.29, 0.717) is 17.0 Å². The lowest BCUT2D eigenvalue weighted by atomic mass is 9.99. The van der Waals surface area contributed by atoms with E-state index in [-0.39, 0.29) is 5.91 Å². The number of carbonyl (C=O) groups is 1. The molecule has 1 amide bonds. The third-order valence-corrected chi connectivity index (χ3v) is 4.36. The second-order valence-corrected chi connectivity index (χ2v) is 5.89. The zero-order valence-corrected chi connectivity index (χ0v) is 12.4. The molecule has 0 saturated carbocycles. The monoisotopic (exact) mass is 288 g/mol. The number of oxazole rings is 1. The van der Waals surface area contributed by atoms with E-state index < -0.39 is 11.8 Å². The Morgan fingerprint density at radius 3 is 2.67 bits per heavy atom. The molecule has 1 aliphatic heterocycles. The first-order valence-electron chi connectivity index (χ1n) is 7.47. The van der Waals surface area contributed by atoms with Crippen LogP contribution >= 0.6 is 0 Å². The molecule has 1 aromatic heterocycles. The number of carbonyl (C=O) groups excluding carboxylic acids is 1. The van der Waals surface area contributed by atoms with Crippen molar-refractivity contribution in [2.45, 2.75) is 32.7 Å². The van der Waals surface area contributed by atoms with E-state index in [0.717, 1.165) is 25.9 Å². The third kappa shape index (κ3) is 2.48. The molecule has 0 N–H and O–H groups in total. The van der Waals surface area contributed by atoms with E-state index in [4.69, 9.17) is 4.42 Å². The van der Waals surface area contributed by atoms with Crippen molar-refractivity contribution in [1.82, 2.24) is 9.47 Å². The lowest BCUT2D eigenvalue weighted by Crippen LogP contribution is -2.42. The molecule has 0 spiro atoms. The van der Waals surface area contributed by atoms with Crippen molar-refractivity contribution in [2.24, 2.45) is 5.92 Å². The molecular formula is C16H20N2O3.